The molecule has 142 valence electrons. The highest BCUT2D eigenvalue weighted by atomic mass is 127. The van der Waals surface area contributed by atoms with Crippen LogP contribution in [-0.2, 0) is 19.5 Å². The highest BCUT2D eigenvalue weighted by molar-refractivity contribution is 14.0. The number of rotatable bonds is 5. The molecule has 0 atom stereocenters. The van der Waals surface area contributed by atoms with Gasteiger partial charge in [0, 0.05) is 52.4 Å². The first-order valence-corrected chi connectivity index (χ1v) is 8.94. The predicted octanol–water partition coefficient (Wildman–Crippen LogP) is 2.75. The van der Waals surface area contributed by atoms with Crippen LogP contribution >= 0.6 is 24.0 Å². The average Bonchev–Trinajstić information content (AvgIpc) is 3.17. The Kier molecular flexibility index (Phi) is 8.37. The van der Waals surface area contributed by atoms with E-state index in [4.69, 9.17) is 4.52 Å². The zero-order chi connectivity index (χ0) is 17.5. The Hall–Kier alpha value is -1.61. The molecule has 1 saturated heterocycles. The van der Waals surface area contributed by atoms with Gasteiger partial charge in [-0.3, -0.25) is 9.89 Å². The third-order valence-corrected chi connectivity index (χ3v) is 4.70. The number of hydrogen-bond donors (Lipinski definition) is 1. The maximum Gasteiger partial charge on any atom is 0.194 e. The largest absolute Gasteiger partial charge is 0.364 e. The first-order valence-electron chi connectivity index (χ1n) is 8.94. The van der Waals surface area contributed by atoms with E-state index in [2.05, 4.69) is 56.5 Å². The first-order chi connectivity index (χ1) is 12.3. The molecule has 0 unspecified atom stereocenters. The van der Waals surface area contributed by atoms with Crippen LogP contribution in [0.3, 0.4) is 0 Å². The van der Waals surface area contributed by atoms with Gasteiger partial charge in [0.2, 0.25) is 0 Å². The van der Waals surface area contributed by atoms with Crippen molar-refractivity contribution in [3.63, 3.8) is 0 Å². The zero-order valence-corrected chi connectivity index (χ0v) is 17.8. The summed E-state index contributed by atoms with van der Waals surface area (Å²) in [5.74, 6) is 0.979. The monoisotopic (exact) mass is 469 g/mol. The van der Waals surface area contributed by atoms with Crippen LogP contribution in [0.4, 0.5) is 0 Å². The van der Waals surface area contributed by atoms with Crippen molar-refractivity contribution in [2.24, 2.45) is 4.99 Å². The van der Waals surface area contributed by atoms with Crippen molar-refractivity contribution in [2.75, 3.05) is 33.2 Å². The van der Waals surface area contributed by atoms with Gasteiger partial charge in [-0.05, 0) is 17.5 Å². The maximum atomic E-state index is 4.91. The Balaban J connectivity index is 0.00000243. The number of aliphatic imine (C=N–C) groups is 1. The summed E-state index contributed by atoms with van der Waals surface area (Å²) in [6.07, 6.45) is 2.68. The molecule has 1 aromatic heterocycles. The van der Waals surface area contributed by atoms with Crippen LogP contribution < -0.4 is 5.32 Å². The molecule has 2 heterocycles. The topological polar surface area (TPSA) is 56.9 Å². The summed E-state index contributed by atoms with van der Waals surface area (Å²) in [4.78, 5) is 9.19. The quantitative estimate of drug-likeness (QED) is 0.415. The number of nitrogens with zero attached hydrogens (tertiary/aromatic N) is 4. The Morgan fingerprint density at radius 2 is 1.88 bits per heavy atom. The fraction of sp³-hybridized carbons (Fsp3) is 0.474. The third-order valence-electron chi connectivity index (χ3n) is 4.70. The van der Waals surface area contributed by atoms with Gasteiger partial charge >= 0.3 is 0 Å². The van der Waals surface area contributed by atoms with Crippen molar-refractivity contribution in [3.8, 4) is 0 Å². The van der Waals surface area contributed by atoms with E-state index in [0.29, 0.717) is 0 Å². The molecule has 6 nitrogen and oxygen atoms in total. The smallest absolute Gasteiger partial charge is 0.194 e. The number of benzene rings is 1. The van der Waals surface area contributed by atoms with E-state index >= 15 is 0 Å². The molecule has 1 N–H and O–H groups in total. The van der Waals surface area contributed by atoms with Crippen LogP contribution in [0.25, 0.3) is 0 Å². The van der Waals surface area contributed by atoms with Crippen LogP contribution in [0.2, 0.25) is 0 Å². The van der Waals surface area contributed by atoms with Crippen LogP contribution in [0.1, 0.15) is 23.7 Å². The fourth-order valence-corrected chi connectivity index (χ4v) is 3.25. The van der Waals surface area contributed by atoms with Crippen molar-refractivity contribution in [3.05, 3.63) is 53.4 Å². The molecule has 1 aromatic carbocycles. The van der Waals surface area contributed by atoms with E-state index in [1.165, 1.54) is 11.1 Å². The molecular weight excluding hydrogens is 441 g/mol. The number of nitrogens with one attached hydrogen (secondary N) is 1. The van der Waals surface area contributed by atoms with Crippen molar-refractivity contribution < 1.29 is 4.52 Å². The molecule has 1 aliphatic rings. The number of guanidine groups is 1. The lowest BCUT2D eigenvalue weighted by atomic mass is 10.1. The molecule has 0 radical (unpaired) electrons. The van der Waals surface area contributed by atoms with Crippen LogP contribution in [-0.4, -0.2) is 54.1 Å². The summed E-state index contributed by atoms with van der Waals surface area (Å²) in [7, 11) is 1.86. The summed E-state index contributed by atoms with van der Waals surface area (Å²) in [5.41, 5.74) is 3.73. The summed E-state index contributed by atoms with van der Waals surface area (Å²) < 4.78 is 4.91. The van der Waals surface area contributed by atoms with Gasteiger partial charge in [0.1, 0.15) is 6.26 Å². The minimum Gasteiger partial charge on any atom is -0.364 e. The molecule has 7 heteroatoms. The highest BCUT2D eigenvalue weighted by Gasteiger charge is 2.20. The second kappa shape index (κ2) is 10.5. The third kappa shape index (κ3) is 5.44. The van der Waals surface area contributed by atoms with Gasteiger partial charge in [0.25, 0.3) is 0 Å². The fourth-order valence-electron chi connectivity index (χ4n) is 3.25. The van der Waals surface area contributed by atoms with E-state index < -0.39 is 0 Å². The predicted molar refractivity (Wildman–Crippen MR) is 115 cm³/mol. The van der Waals surface area contributed by atoms with E-state index in [1.807, 2.05) is 13.1 Å². The van der Waals surface area contributed by atoms with E-state index in [0.717, 1.165) is 57.3 Å². The van der Waals surface area contributed by atoms with Gasteiger partial charge in [-0.15, -0.1) is 24.0 Å². The Labute approximate surface area is 172 Å². The van der Waals surface area contributed by atoms with E-state index in [9.17, 15) is 0 Å². The molecule has 0 amide bonds. The van der Waals surface area contributed by atoms with Crippen molar-refractivity contribution >= 4 is 29.9 Å². The molecule has 0 saturated carbocycles. The average molecular weight is 469 g/mol. The number of aryl methyl sites for hydroxylation is 1. The Bertz CT molecular complexity index is 681. The Morgan fingerprint density at radius 1 is 1.15 bits per heavy atom. The van der Waals surface area contributed by atoms with E-state index in [1.54, 1.807) is 6.26 Å². The normalized spacial score (nSPS) is 15.6. The molecule has 0 aliphatic carbocycles. The lowest BCUT2D eigenvalue weighted by Gasteiger charge is -2.36. The summed E-state index contributed by atoms with van der Waals surface area (Å²) >= 11 is 0. The van der Waals surface area contributed by atoms with Gasteiger partial charge < -0.3 is 14.7 Å². The second-order valence-electron chi connectivity index (χ2n) is 6.28. The highest BCUT2D eigenvalue weighted by Crippen LogP contribution is 2.10. The standard InChI is InChI=1S/C19H27N5O.HI/c1-3-16-6-4-5-7-17(16)14-21-19(20-2)24-11-9-23(10-12-24)15-18-8-13-25-22-18;/h4-8,13H,3,9-12,14-15H2,1-2H3,(H,20,21);1H. The first kappa shape index (κ1) is 20.7. The lowest BCUT2D eigenvalue weighted by Crippen LogP contribution is -2.52. The summed E-state index contributed by atoms with van der Waals surface area (Å²) in [6, 6.07) is 10.5. The molecule has 0 spiro atoms. The lowest BCUT2D eigenvalue weighted by molar-refractivity contribution is 0.169. The zero-order valence-electron chi connectivity index (χ0n) is 15.5. The number of aromatic nitrogens is 1. The molecular formula is C19H28IN5O. The molecule has 1 aliphatic heterocycles. The molecule has 26 heavy (non-hydrogen) atoms. The summed E-state index contributed by atoms with van der Waals surface area (Å²) in [5, 5.41) is 7.51. The van der Waals surface area contributed by atoms with Crippen LogP contribution in [0, 0.1) is 0 Å². The van der Waals surface area contributed by atoms with Crippen LogP contribution in [0.15, 0.2) is 46.1 Å². The summed E-state index contributed by atoms with van der Waals surface area (Å²) in [6.45, 7) is 7.79. The number of hydrogen-bond acceptors (Lipinski definition) is 4. The molecule has 2 aromatic rings. The van der Waals surface area contributed by atoms with E-state index in [-0.39, 0.29) is 24.0 Å². The molecule has 1 fully saturated rings. The minimum atomic E-state index is 0. The van der Waals surface area contributed by atoms with Gasteiger partial charge in [-0.1, -0.05) is 36.3 Å². The van der Waals surface area contributed by atoms with Gasteiger partial charge in [-0.2, -0.15) is 0 Å². The van der Waals surface area contributed by atoms with Crippen molar-refractivity contribution in [2.45, 2.75) is 26.4 Å². The van der Waals surface area contributed by atoms with Crippen molar-refractivity contribution in [1.29, 1.82) is 0 Å². The SMILES string of the molecule is CCc1ccccc1CNC(=NC)N1CCN(Cc2ccon2)CC1.I. The molecule has 0 bridgehead atoms. The van der Waals surface area contributed by atoms with Gasteiger partial charge in [-0.25, -0.2) is 0 Å². The number of halogens is 1. The van der Waals surface area contributed by atoms with Gasteiger partial charge in [0.15, 0.2) is 5.96 Å². The number of piperazine rings is 1. The maximum absolute atomic E-state index is 4.91. The van der Waals surface area contributed by atoms with Gasteiger partial charge in [0.05, 0.1) is 5.69 Å². The second-order valence-corrected chi connectivity index (χ2v) is 6.28. The van der Waals surface area contributed by atoms with Crippen LogP contribution in [0.5, 0.6) is 0 Å². The van der Waals surface area contributed by atoms with Crippen molar-refractivity contribution in [1.82, 2.24) is 20.3 Å². The molecule has 3 rings (SSSR count). The Morgan fingerprint density at radius 3 is 2.50 bits per heavy atom. The minimum absolute atomic E-state index is 0.